The SMILES string of the molecule is CC12CC3SC(CC(C)(S3)S1)S2. The molecule has 4 saturated heterocycles. The summed E-state index contributed by atoms with van der Waals surface area (Å²) in [7, 11) is 0. The summed E-state index contributed by atoms with van der Waals surface area (Å²) in [6.45, 7) is 4.89. The van der Waals surface area contributed by atoms with Gasteiger partial charge in [-0.05, 0) is 26.7 Å². The van der Waals surface area contributed by atoms with Gasteiger partial charge in [-0.2, -0.15) is 0 Å². The fraction of sp³-hybridized carbons (Fsp3) is 1.00. The van der Waals surface area contributed by atoms with Crippen LogP contribution in [-0.4, -0.2) is 17.3 Å². The normalized spacial score (nSPS) is 62.5. The Hall–Kier alpha value is 1.40. The van der Waals surface area contributed by atoms with Crippen LogP contribution in [0.25, 0.3) is 0 Å². The van der Waals surface area contributed by atoms with Crippen LogP contribution >= 0.6 is 47.0 Å². The second-order valence-electron chi connectivity index (χ2n) is 4.01. The maximum atomic E-state index is 2.44. The van der Waals surface area contributed by atoms with Crippen molar-refractivity contribution in [3.05, 3.63) is 0 Å². The molecule has 0 aromatic heterocycles. The first-order chi connectivity index (χ1) is 5.57. The van der Waals surface area contributed by atoms with Gasteiger partial charge < -0.3 is 0 Å². The van der Waals surface area contributed by atoms with E-state index in [2.05, 4.69) is 60.9 Å². The highest BCUT2D eigenvalue weighted by molar-refractivity contribution is 8.37. The smallest absolute Gasteiger partial charge is 0.0626 e. The molecule has 0 aromatic rings. The average Bonchev–Trinajstić information content (AvgIpc) is 1.75. The Morgan fingerprint density at radius 3 is 1.92 bits per heavy atom. The molecule has 4 heterocycles. The van der Waals surface area contributed by atoms with E-state index in [4.69, 9.17) is 0 Å². The van der Waals surface area contributed by atoms with Gasteiger partial charge in [0.25, 0.3) is 0 Å². The van der Waals surface area contributed by atoms with Crippen LogP contribution in [0.3, 0.4) is 0 Å². The molecule has 0 N–H and O–H groups in total. The quantitative estimate of drug-likeness (QED) is 0.626. The topological polar surface area (TPSA) is 0 Å². The van der Waals surface area contributed by atoms with Gasteiger partial charge in [-0.15, -0.1) is 47.0 Å². The van der Waals surface area contributed by atoms with E-state index in [1.54, 1.807) is 0 Å². The molecule has 0 amide bonds. The minimum atomic E-state index is 0.554. The van der Waals surface area contributed by atoms with Gasteiger partial charge in [0.2, 0.25) is 0 Å². The number of hydrogen-bond donors (Lipinski definition) is 0. The predicted molar refractivity (Wildman–Crippen MR) is 64.0 cm³/mol. The second-order valence-corrected chi connectivity index (χ2v) is 12.0. The predicted octanol–water partition coefficient (Wildman–Crippen LogP) is 3.82. The summed E-state index contributed by atoms with van der Waals surface area (Å²) >= 11 is 8.88. The Bertz CT molecular complexity index is 193. The molecule has 12 heavy (non-hydrogen) atoms. The van der Waals surface area contributed by atoms with Crippen molar-refractivity contribution >= 4 is 47.0 Å². The molecule has 0 aliphatic carbocycles. The Morgan fingerprint density at radius 2 is 1.50 bits per heavy atom. The minimum Gasteiger partial charge on any atom is -0.133 e. The van der Waals surface area contributed by atoms with Gasteiger partial charge in [0.05, 0.1) is 17.3 Å². The summed E-state index contributed by atoms with van der Waals surface area (Å²) in [6.07, 6.45) is 2.81. The number of thioether (sulfide) groups is 4. The molecule has 0 radical (unpaired) electrons. The summed E-state index contributed by atoms with van der Waals surface area (Å²) in [6, 6.07) is 0. The van der Waals surface area contributed by atoms with E-state index in [1.165, 1.54) is 12.8 Å². The van der Waals surface area contributed by atoms with Crippen LogP contribution in [0.1, 0.15) is 26.7 Å². The zero-order valence-electron chi connectivity index (χ0n) is 7.20. The van der Waals surface area contributed by atoms with Crippen LogP contribution in [-0.2, 0) is 0 Å². The zero-order chi connectivity index (χ0) is 8.40. The second kappa shape index (κ2) is 2.50. The lowest BCUT2D eigenvalue weighted by Gasteiger charge is -2.57. The van der Waals surface area contributed by atoms with E-state index in [9.17, 15) is 0 Å². The van der Waals surface area contributed by atoms with Crippen LogP contribution in [0.4, 0.5) is 0 Å². The molecule has 4 aliphatic heterocycles. The minimum absolute atomic E-state index is 0.554. The van der Waals surface area contributed by atoms with E-state index in [1.807, 2.05) is 0 Å². The lowest BCUT2D eigenvalue weighted by molar-refractivity contribution is 0.707. The van der Waals surface area contributed by atoms with Gasteiger partial charge >= 0.3 is 0 Å². The zero-order valence-corrected chi connectivity index (χ0v) is 10.5. The van der Waals surface area contributed by atoms with Gasteiger partial charge in [0, 0.05) is 0 Å². The number of rotatable bonds is 0. The van der Waals surface area contributed by atoms with Crippen molar-refractivity contribution in [3.63, 3.8) is 0 Å². The van der Waals surface area contributed by atoms with Crippen molar-refractivity contribution in [1.82, 2.24) is 0 Å². The lowest BCUT2D eigenvalue weighted by Crippen LogP contribution is -2.47. The molecule has 0 nitrogen and oxygen atoms in total. The van der Waals surface area contributed by atoms with Gasteiger partial charge in [-0.3, -0.25) is 0 Å². The van der Waals surface area contributed by atoms with Gasteiger partial charge in [0.15, 0.2) is 0 Å². The number of hydrogen-bond acceptors (Lipinski definition) is 4. The molecule has 0 aromatic carbocycles. The summed E-state index contributed by atoms with van der Waals surface area (Å²) in [5, 5.41) is 0. The Labute approximate surface area is 90.8 Å². The Balaban J connectivity index is 1.98. The fourth-order valence-electron chi connectivity index (χ4n) is 2.25. The molecule has 4 bridgehead atoms. The molecular formula is C8H12S4. The highest BCUT2D eigenvalue weighted by atomic mass is 32.3. The third-order valence-electron chi connectivity index (χ3n) is 2.57. The molecule has 4 aliphatic rings. The average molecular weight is 236 g/mol. The molecule has 4 rings (SSSR count). The van der Waals surface area contributed by atoms with E-state index < -0.39 is 0 Å². The Morgan fingerprint density at radius 1 is 1.00 bits per heavy atom. The largest absolute Gasteiger partial charge is 0.133 e. The first kappa shape index (κ1) is 8.69. The first-order valence-electron chi connectivity index (χ1n) is 4.28. The summed E-state index contributed by atoms with van der Waals surface area (Å²) < 4.78 is 2.92. The maximum Gasteiger partial charge on any atom is 0.0626 e. The van der Waals surface area contributed by atoms with E-state index in [-0.39, 0.29) is 0 Å². The van der Waals surface area contributed by atoms with Gasteiger partial charge in [-0.1, -0.05) is 0 Å². The van der Waals surface area contributed by atoms with Crippen LogP contribution in [0, 0.1) is 0 Å². The molecule has 4 heteroatoms. The van der Waals surface area contributed by atoms with Crippen LogP contribution in [0.2, 0.25) is 0 Å². The highest BCUT2D eigenvalue weighted by Crippen LogP contribution is 2.73. The van der Waals surface area contributed by atoms with Crippen molar-refractivity contribution < 1.29 is 0 Å². The van der Waals surface area contributed by atoms with Crippen LogP contribution in [0.15, 0.2) is 0 Å². The first-order valence-corrected chi connectivity index (χ1v) is 7.80. The summed E-state index contributed by atoms with van der Waals surface area (Å²) in [4.78, 5) is 0. The molecule has 4 atom stereocenters. The van der Waals surface area contributed by atoms with Gasteiger partial charge in [-0.25, -0.2) is 0 Å². The van der Waals surface area contributed by atoms with Crippen molar-refractivity contribution in [2.24, 2.45) is 0 Å². The molecular weight excluding hydrogens is 224 g/mol. The monoisotopic (exact) mass is 236 g/mol. The van der Waals surface area contributed by atoms with Crippen molar-refractivity contribution in [2.45, 2.75) is 44.0 Å². The standard InChI is InChI=1S/C8H12S4/c1-7-3-5-9-6(10-7)4-8(2,11-5)12-7/h5-6H,3-4H2,1-2H3. The van der Waals surface area contributed by atoms with Crippen molar-refractivity contribution in [1.29, 1.82) is 0 Å². The summed E-state index contributed by atoms with van der Waals surface area (Å²) in [5.74, 6) is 0. The van der Waals surface area contributed by atoms with E-state index >= 15 is 0 Å². The van der Waals surface area contributed by atoms with Crippen molar-refractivity contribution in [3.8, 4) is 0 Å². The molecule has 4 unspecified atom stereocenters. The highest BCUT2D eigenvalue weighted by Gasteiger charge is 2.56. The van der Waals surface area contributed by atoms with Crippen LogP contribution in [0.5, 0.6) is 0 Å². The molecule has 68 valence electrons. The lowest BCUT2D eigenvalue weighted by atomic mass is 10.3. The third-order valence-corrected chi connectivity index (χ3v) is 9.22. The summed E-state index contributed by atoms with van der Waals surface area (Å²) in [5.41, 5.74) is 0. The van der Waals surface area contributed by atoms with Crippen LogP contribution < -0.4 is 0 Å². The van der Waals surface area contributed by atoms with Gasteiger partial charge in [0.1, 0.15) is 0 Å². The Kier molecular flexibility index (Phi) is 1.81. The maximum absolute atomic E-state index is 2.44. The van der Waals surface area contributed by atoms with E-state index in [0.29, 0.717) is 8.16 Å². The van der Waals surface area contributed by atoms with E-state index in [0.717, 1.165) is 9.16 Å². The molecule has 0 saturated carbocycles. The molecule has 4 fully saturated rings. The molecule has 0 spiro atoms. The van der Waals surface area contributed by atoms with Crippen molar-refractivity contribution in [2.75, 3.05) is 0 Å². The fourth-order valence-corrected chi connectivity index (χ4v) is 13.6. The third kappa shape index (κ3) is 1.25.